The number of hydrogen-bond acceptors (Lipinski definition) is 3. The van der Waals surface area contributed by atoms with Gasteiger partial charge in [0.05, 0.1) is 11.0 Å². The van der Waals surface area contributed by atoms with Gasteiger partial charge in [0.15, 0.2) is 11.5 Å². The van der Waals surface area contributed by atoms with Crippen molar-refractivity contribution in [2.45, 2.75) is 19.9 Å². The van der Waals surface area contributed by atoms with Gasteiger partial charge in [0.25, 0.3) is 0 Å². The molecule has 1 heterocycles. The normalized spacial score (nSPS) is 11.1. The molecule has 0 radical (unpaired) electrons. The number of phenolic OH excluding ortho intramolecular Hbond substituents is 2. The Morgan fingerprint density at radius 2 is 1.90 bits per heavy atom. The van der Waals surface area contributed by atoms with Crippen LogP contribution in [0.25, 0.3) is 22.4 Å². The van der Waals surface area contributed by atoms with Crippen LogP contribution in [0.15, 0.2) is 36.4 Å². The molecule has 0 aliphatic heterocycles. The quantitative estimate of drug-likeness (QED) is 0.722. The van der Waals surface area contributed by atoms with Gasteiger partial charge in [0.1, 0.15) is 11.6 Å². The van der Waals surface area contributed by atoms with E-state index in [1.165, 1.54) is 24.3 Å². The third-order valence-electron chi connectivity index (χ3n) is 3.39. The summed E-state index contributed by atoms with van der Waals surface area (Å²) < 4.78 is 15.4. The molecule has 0 bridgehead atoms. The second kappa shape index (κ2) is 5.09. The maximum absolute atomic E-state index is 13.5. The number of imidazole rings is 1. The summed E-state index contributed by atoms with van der Waals surface area (Å²) in [6, 6.07) is 9.03. The van der Waals surface area contributed by atoms with E-state index in [-0.39, 0.29) is 17.3 Å². The monoisotopic (exact) mass is 286 g/mol. The van der Waals surface area contributed by atoms with Crippen molar-refractivity contribution < 1.29 is 14.6 Å². The molecular weight excluding hydrogens is 271 g/mol. The Labute approximate surface area is 121 Å². The Morgan fingerprint density at radius 3 is 2.62 bits per heavy atom. The Balaban J connectivity index is 2.25. The highest BCUT2D eigenvalue weighted by atomic mass is 19.1. The lowest BCUT2D eigenvalue weighted by Gasteiger charge is -2.08. The van der Waals surface area contributed by atoms with E-state index < -0.39 is 0 Å². The molecule has 0 saturated carbocycles. The lowest BCUT2D eigenvalue weighted by molar-refractivity contribution is 0.404. The highest BCUT2D eigenvalue weighted by Crippen LogP contribution is 2.32. The molecule has 2 N–H and O–H groups in total. The van der Waals surface area contributed by atoms with E-state index in [2.05, 4.69) is 4.98 Å². The Hall–Kier alpha value is -2.56. The maximum atomic E-state index is 13.5. The largest absolute Gasteiger partial charge is 0.504 e. The summed E-state index contributed by atoms with van der Waals surface area (Å²) in [6.45, 7) is 2.72. The SMILES string of the molecule is CCCn1c(-c2ccc(O)c(O)c2)nc2ccc(F)cc21. The summed E-state index contributed by atoms with van der Waals surface area (Å²) in [7, 11) is 0. The fraction of sp³-hybridized carbons (Fsp3) is 0.188. The van der Waals surface area contributed by atoms with Gasteiger partial charge < -0.3 is 14.8 Å². The van der Waals surface area contributed by atoms with E-state index in [4.69, 9.17) is 0 Å². The van der Waals surface area contributed by atoms with Crippen LogP contribution < -0.4 is 0 Å². The van der Waals surface area contributed by atoms with Crippen molar-refractivity contribution in [1.82, 2.24) is 9.55 Å². The van der Waals surface area contributed by atoms with E-state index in [1.54, 1.807) is 12.1 Å². The molecule has 3 aromatic rings. The number of fused-ring (bicyclic) bond motifs is 1. The van der Waals surface area contributed by atoms with Crippen LogP contribution in [0.3, 0.4) is 0 Å². The molecule has 0 amide bonds. The second-order valence-corrected chi connectivity index (χ2v) is 4.92. The average molecular weight is 286 g/mol. The minimum absolute atomic E-state index is 0.178. The highest BCUT2D eigenvalue weighted by molar-refractivity contribution is 5.81. The van der Waals surface area contributed by atoms with Crippen LogP contribution in [-0.2, 0) is 6.54 Å². The Kier molecular flexibility index (Phi) is 3.25. The third-order valence-corrected chi connectivity index (χ3v) is 3.39. The first-order valence-corrected chi connectivity index (χ1v) is 6.78. The van der Waals surface area contributed by atoms with Crippen molar-refractivity contribution in [1.29, 1.82) is 0 Å². The zero-order valence-electron chi connectivity index (χ0n) is 11.5. The Morgan fingerprint density at radius 1 is 1.10 bits per heavy atom. The van der Waals surface area contributed by atoms with Gasteiger partial charge in [-0.3, -0.25) is 0 Å². The number of aromatic nitrogens is 2. The predicted octanol–water partition coefficient (Wildman–Crippen LogP) is 3.66. The van der Waals surface area contributed by atoms with Gasteiger partial charge in [-0.2, -0.15) is 0 Å². The highest BCUT2D eigenvalue weighted by Gasteiger charge is 2.14. The summed E-state index contributed by atoms with van der Waals surface area (Å²) >= 11 is 0. The molecule has 0 unspecified atom stereocenters. The lowest BCUT2D eigenvalue weighted by atomic mass is 10.2. The van der Waals surface area contributed by atoms with Gasteiger partial charge in [-0.25, -0.2) is 9.37 Å². The maximum Gasteiger partial charge on any atom is 0.158 e. The van der Waals surface area contributed by atoms with Gasteiger partial charge in [-0.05, 0) is 42.8 Å². The number of aromatic hydroxyl groups is 2. The molecule has 0 fully saturated rings. The van der Waals surface area contributed by atoms with Crippen LogP contribution in [0.4, 0.5) is 4.39 Å². The van der Waals surface area contributed by atoms with Crippen LogP contribution in [0.1, 0.15) is 13.3 Å². The topological polar surface area (TPSA) is 58.3 Å². The predicted molar refractivity (Wildman–Crippen MR) is 78.7 cm³/mol. The van der Waals surface area contributed by atoms with Crippen molar-refractivity contribution in [2.75, 3.05) is 0 Å². The summed E-state index contributed by atoms with van der Waals surface area (Å²) in [4.78, 5) is 4.52. The van der Waals surface area contributed by atoms with Gasteiger partial charge in [0, 0.05) is 12.1 Å². The van der Waals surface area contributed by atoms with Gasteiger partial charge in [-0.1, -0.05) is 6.92 Å². The average Bonchev–Trinajstić information content (AvgIpc) is 2.81. The molecule has 4 nitrogen and oxygen atoms in total. The molecule has 0 atom stereocenters. The standard InChI is InChI=1S/C16H15FN2O2/c1-2-7-19-13-9-11(17)4-5-12(13)18-16(19)10-3-6-14(20)15(21)8-10/h3-6,8-9,20-21H,2,7H2,1H3. The van der Waals surface area contributed by atoms with Crippen molar-refractivity contribution in [3.8, 4) is 22.9 Å². The minimum atomic E-state index is -0.306. The van der Waals surface area contributed by atoms with Crippen LogP contribution in [0.2, 0.25) is 0 Å². The van der Waals surface area contributed by atoms with Gasteiger partial charge >= 0.3 is 0 Å². The number of nitrogens with zero attached hydrogens (tertiary/aromatic N) is 2. The van der Waals surface area contributed by atoms with E-state index in [0.29, 0.717) is 23.4 Å². The first-order valence-electron chi connectivity index (χ1n) is 6.78. The van der Waals surface area contributed by atoms with Crippen molar-refractivity contribution in [3.63, 3.8) is 0 Å². The summed E-state index contributed by atoms with van der Waals surface area (Å²) in [5, 5.41) is 19.1. The van der Waals surface area contributed by atoms with Crippen molar-refractivity contribution >= 4 is 11.0 Å². The number of rotatable bonds is 3. The van der Waals surface area contributed by atoms with Crippen molar-refractivity contribution in [3.05, 3.63) is 42.2 Å². The van der Waals surface area contributed by atoms with E-state index in [9.17, 15) is 14.6 Å². The smallest absolute Gasteiger partial charge is 0.158 e. The number of aryl methyl sites for hydroxylation is 1. The van der Waals surface area contributed by atoms with E-state index in [0.717, 1.165) is 11.9 Å². The molecule has 0 spiro atoms. The third kappa shape index (κ3) is 2.31. The molecule has 5 heteroatoms. The van der Waals surface area contributed by atoms with E-state index in [1.807, 2.05) is 11.5 Å². The fourth-order valence-corrected chi connectivity index (χ4v) is 2.43. The molecule has 3 rings (SSSR count). The summed E-state index contributed by atoms with van der Waals surface area (Å²) in [5.74, 6) is -0.0376. The number of hydrogen-bond donors (Lipinski definition) is 2. The van der Waals surface area contributed by atoms with Crippen LogP contribution >= 0.6 is 0 Å². The zero-order valence-corrected chi connectivity index (χ0v) is 11.5. The fourth-order valence-electron chi connectivity index (χ4n) is 2.43. The van der Waals surface area contributed by atoms with Gasteiger partial charge in [0.2, 0.25) is 0 Å². The summed E-state index contributed by atoms with van der Waals surface area (Å²) in [6.07, 6.45) is 0.874. The second-order valence-electron chi connectivity index (χ2n) is 4.92. The molecule has 21 heavy (non-hydrogen) atoms. The molecular formula is C16H15FN2O2. The molecule has 108 valence electrons. The van der Waals surface area contributed by atoms with Crippen molar-refractivity contribution in [2.24, 2.45) is 0 Å². The zero-order chi connectivity index (χ0) is 15.0. The number of halogens is 1. The number of benzene rings is 2. The minimum Gasteiger partial charge on any atom is -0.504 e. The van der Waals surface area contributed by atoms with E-state index >= 15 is 0 Å². The lowest BCUT2D eigenvalue weighted by Crippen LogP contribution is -1.99. The molecule has 0 saturated heterocycles. The first kappa shape index (κ1) is 13.4. The van der Waals surface area contributed by atoms with Gasteiger partial charge in [-0.15, -0.1) is 0 Å². The van der Waals surface area contributed by atoms with Crippen LogP contribution in [0, 0.1) is 5.82 Å². The van der Waals surface area contributed by atoms with Crippen LogP contribution in [-0.4, -0.2) is 19.8 Å². The molecule has 0 aliphatic carbocycles. The Bertz CT molecular complexity index is 811. The molecule has 2 aromatic carbocycles. The summed E-state index contributed by atoms with van der Waals surface area (Å²) in [5.41, 5.74) is 2.10. The molecule has 1 aromatic heterocycles. The first-order chi connectivity index (χ1) is 10.1. The number of phenols is 2. The van der Waals surface area contributed by atoms with Crippen LogP contribution in [0.5, 0.6) is 11.5 Å². The molecule has 0 aliphatic rings.